The van der Waals surface area contributed by atoms with Crippen molar-refractivity contribution in [2.45, 2.75) is 0 Å². The van der Waals surface area contributed by atoms with Gasteiger partial charge in [-0.2, -0.15) is 0 Å². The molecule has 4 nitrogen and oxygen atoms in total. The lowest BCUT2D eigenvalue weighted by Crippen LogP contribution is -2.06. The second-order valence-corrected chi connectivity index (χ2v) is 2.51. The van der Waals surface area contributed by atoms with Crippen LogP contribution in [-0.4, -0.2) is 18.1 Å². The van der Waals surface area contributed by atoms with Gasteiger partial charge < -0.3 is 10.5 Å². The van der Waals surface area contributed by atoms with Crippen molar-refractivity contribution in [2.24, 2.45) is 0 Å². The summed E-state index contributed by atoms with van der Waals surface area (Å²) in [7, 11) is 1.27. The standard InChI is InChI=1S/C7H7ClN2O2/c1-12-7(11)5-2-4(8)3-10-6(5)9/h2-3H,1H3,(H2,9,10). The Morgan fingerprint density at radius 3 is 3.00 bits per heavy atom. The van der Waals surface area contributed by atoms with E-state index in [-0.39, 0.29) is 11.4 Å². The van der Waals surface area contributed by atoms with Gasteiger partial charge in [-0.25, -0.2) is 9.78 Å². The number of rotatable bonds is 1. The molecule has 0 fully saturated rings. The zero-order chi connectivity index (χ0) is 9.14. The predicted octanol–water partition coefficient (Wildman–Crippen LogP) is 1.10. The van der Waals surface area contributed by atoms with E-state index in [1.807, 2.05) is 0 Å². The molecule has 0 unspecified atom stereocenters. The maximum Gasteiger partial charge on any atom is 0.341 e. The van der Waals surface area contributed by atoms with Crippen LogP contribution >= 0.6 is 11.6 Å². The highest BCUT2D eigenvalue weighted by Crippen LogP contribution is 2.15. The lowest BCUT2D eigenvalue weighted by molar-refractivity contribution is 0.0601. The van der Waals surface area contributed by atoms with Gasteiger partial charge in [0.1, 0.15) is 11.4 Å². The second kappa shape index (κ2) is 3.40. The summed E-state index contributed by atoms with van der Waals surface area (Å²) in [6.45, 7) is 0. The topological polar surface area (TPSA) is 65.2 Å². The third-order valence-corrected chi connectivity index (χ3v) is 1.50. The number of carbonyl (C=O) groups excluding carboxylic acids is 1. The fraction of sp³-hybridized carbons (Fsp3) is 0.143. The van der Waals surface area contributed by atoms with Crippen LogP contribution in [0, 0.1) is 0 Å². The highest BCUT2D eigenvalue weighted by atomic mass is 35.5. The Morgan fingerprint density at radius 2 is 2.42 bits per heavy atom. The van der Waals surface area contributed by atoms with Crippen LogP contribution in [0.1, 0.15) is 10.4 Å². The first-order chi connectivity index (χ1) is 5.65. The summed E-state index contributed by atoms with van der Waals surface area (Å²) in [5, 5.41) is 0.351. The minimum absolute atomic E-state index is 0.117. The lowest BCUT2D eigenvalue weighted by atomic mass is 10.2. The molecular weight excluding hydrogens is 180 g/mol. The number of hydrogen-bond acceptors (Lipinski definition) is 4. The van der Waals surface area contributed by atoms with Gasteiger partial charge in [0.05, 0.1) is 12.1 Å². The zero-order valence-electron chi connectivity index (χ0n) is 6.37. The number of methoxy groups -OCH3 is 1. The summed E-state index contributed by atoms with van der Waals surface area (Å²) >= 11 is 5.59. The van der Waals surface area contributed by atoms with Crippen molar-refractivity contribution in [3.05, 3.63) is 22.8 Å². The lowest BCUT2D eigenvalue weighted by Gasteiger charge is -2.01. The highest BCUT2D eigenvalue weighted by Gasteiger charge is 2.10. The minimum Gasteiger partial charge on any atom is -0.465 e. The molecule has 0 amide bonds. The first-order valence-electron chi connectivity index (χ1n) is 3.14. The molecular formula is C7H7ClN2O2. The summed E-state index contributed by atoms with van der Waals surface area (Å²) in [5.74, 6) is -0.422. The fourth-order valence-electron chi connectivity index (χ4n) is 0.723. The van der Waals surface area contributed by atoms with E-state index in [4.69, 9.17) is 17.3 Å². The number of nitrogens with two attached hydrogens (primary N) is 1. The Labute approximate surface area is 74.3 Å². The first kappa shape index (κ1) is 8.80. The van der Waals surface area contributed by atoms with Gasteiger partial charge in [0, 0.05) is 6.20 Å². The number of anilines is 1. The van der Waals surface area contributed by atoms with Crippen LogP contribution in [0.3, 0.4) is 0 Å². The van der Waals surface area contributed by atoms with Crippen molar-refractivity contribution in [1.82, 2.24) is 4.98 Å². The molecule has 5 heteroatoms. The molecule has 0 radical (unpaired) electrons. The SMILES string of the molecule is COC(=O)c1cc(Cl)cnc1N. The molecule has 0 bridgehead atoms. The van der Waals surface area contributed by atoms with Gasteiger partial charge in [-0.3, -0.25) is 0 Å². The Hall–Kier alpha value is -1.29. The van der Waals surface area contributed by atoms with E-state index in [1.54, 1.807) is 0 Å². The molecule has 0 aliphatic rings. The summed E-state index contributed by atoms with van der Waals surface area (Å²) in [5.41, 5.74) is 5.58. The number of nitrogen functional groups attached to an aromatic ring is 1. The van der Waals surface area contributed by atoms with E-state index in [0.717, 1.165) is 0 Å². The van der Waals surface area contributed by atoms with Crippen LogP contribution in [0.5, 0.6) is 0 Å². The van der Waals surface area contributed by atoms with Gasteiger partial charge in [-0.15, -0.1) is 0 Å². The van der Waals surface area contributed by atoms with Crippen molar-refractivity contribution in [2.75, 3.05) is 12.8 Å². The molecule has 0 atom stereocenters. The minimum atomic E-state index is -0.539. The van der Waals surface area contributed by atoms with Gasteiger partial charge in [-0.1, -0.05) is 11.6 Å². The van der Waals surface area contributed by atoms with Gasteiger partial charge in [0.25, 0.3) is 0 Å². The van der Waals surface area contributed by atoms with Crippen molar-refractivity contribution < 1.29 is 9.53 Å². The molecule has 0 aliphatic heterocycles. The molecule has 1 aromatic heterocycles. The average molecular weight is 187 g/mol. The molecule has 0 spiro atoms. The van der Waals surface area contributed by atoms with E-state index in [1.165, 1.54) is 19.4 Å². The Balaban J connectivity index is 3.13. The van der Waals surface area contributed by atoms with E-state index < -0.39 is 5.97 Å². The number of carbonyl (C=O) groups is 1. The van der Waals surface area contributed by atoms with E-state index in [9.17, 15) is 4.79 Å². The van der Waals surface area contributed by atoms with Crippen LogP contribution in [-0.2, 0) is 4.74 Å². The third kappa shape index (κ3) is 1.65. The quantitative estimate of drug-likeness (QED) is 0.668. The van der Waals surface area contributed by atoms with E-state index >= 15 is 0 Å². The highest BCUT2D eigenvalue weighted by molar-refractivity contribution is 6.30. The maximum atomic E-state index is 11.0. The van der Waals surface area contributed by atoms with Gasteiger partial charge in [0.15, 0.2) is 0 Å². The number of pyridine rings is 1. The first-order valence-corrected chi connectivity index (χ1v) is 3.52. The summed E-state index contributed by atoms with van der Waals surface area (Å²) < 4.78 is 4.45. The molecule has 12 heavy (non-hydrogen) atoms. The van der Waals surface area contributed by atoms with E-state index in [2.05, 4.69) is 9.72 Å². The van der Waals surface area contributed by atoms with Crippen LogP contribution in [0.2, 0.25) is 5.02 Å². The smallest absolute Gasteiger partial charge is 0.341 e. The number of hydrogen-bond donors (Lipinski definition) is 1. The van der Waals surface area contributed by atoms with Crippen LogP contribution < -0.4 is 5.73 Å². The third-order valence-electron chi connectivity index (χ3n) is 1.29. The van der Waals surface area contributed by atoms with Gasteiger partial charge in [0.2, 0.25) is 0 Å². The molecule has 0 saturated carbocycles. The molecule has 0 saturated heterocycles. The van der Waals surface area contributed by atoms with Crippen molar-refractivity contribution in [3.8, 4) is 0 Å². The van der Waals surface area contributed by atoms with Crippen molar-refractivity contribution in [3.63, 3.8) is 0 Å². The summed E-state index contributed by atoms with van der Waals surface area (Å²) in [6, 6.07) is 1.41. The fourth-order valence-corrected chi connectivity index (χ4v) is 0.881. The molecule has 64 valence electrons. The molecule has 0 aromatic carbocycles. The number of nitrogens with zero attached hydrogens (tertiary/aromatic N) is 1. The van der Waals surface area contributed by atoms with Crippen molar-refractivity contribution >= 4 is 23.4 Å². The number of aromatic nitrogens is 1. The van der Waals surface area contributed by atoms with Gasteiger partial charge >= 0.3 is 5.97 Å². The second-order valence-electron chi connectivity index (χ2n) is 2.08. The normalized spacial score (nSPS) is 9.50. The Kier molecular flexibility index (Phi) is 2.50. The summed E-state index contributed by atoms with van der Waals surface area (Å²) in [6.07, 6.45) is 1.36. The molecule has 0 aliphatic carbocycles. The van der Waals surface area contributed by atoms with Crippen LogP contribution in [0.15, 0.2) is 12.3 Å². The maximum absolute atomic E-state index is 11.0. The van der Waals surface area contributed by atoms with Crippen LogP contribution in [0.4, 0.5) is 5.82 Å². The number of ether oxygens (including phenoxy) is 1. The molecule has 1 heterocycles. The summed E-state index contributed by atoms with van der Waals surface area (Å²) in [4.78, 5) is 14.7. The largest absolute Gasteiger partial charge is 0.465 e. The predicted molar refractivity (Wildman–Crippen MR) is 45.0 cm³/mol. The molecule has 1 rings (SSSR count). The molecule has 1 aromatic rings. The Bertz CT molecular complexity index is 314. The van der Waals surface area contributed by atoms with E-state index in [0.29, 0.717) is 5.02 Å². The monoisotopic (exact) mass is 186 g/mol. The molecule has 2 N–H and O–H groups in total. The number of esters is 1. The van der Waals surface area contributed by atoms with Crippen molar-refractivity contribution in [1.29, 1.82) is 0 Å². The van der Waals surface area contributed by atoms with Gasteiger partial charge in [-0.05, 0) is 6.07 Å². The Morgan fingerprint density at radius 1 is 1.75 bits per heavy atom. The van der Waals surface area contributed by atoms with Crippen LogP contribution in [0.25, 0.3) is 0 Å². The number of halogens is 1. The zero-order valence-corrected chi connectivity index (χ0v) is 7.13. The average Bonchev–Trinajstić information content (AvgIpc) is 2.08.